The summed E-state index contributed by atoms with van der Waals surface area (Å²) in [5.41, 5.74) is 4.79. The molecule has 0 aliphatic carbocycles. The van der Waals surface area contributed by atoms with Crippen LogP contribution in [-0.2, 0) is 11.3 Å². The second-order valence-corrected chi connectivity index (χ2v) is 6.00. The van der Waals surface area contributed by atoms with Crippen molar-refractivity contribution in [2.75, 3.05) is 11.9 Å². The Kier molecular flexibility index (Phi) is 3.90. The number of carbonyl (C=O) groups is 1. The Bertz CT molecular complexity index is 669. The van der Waals surface area contributed by atoms with E-state index in [1.807, 2.05) is 30.6 Å². The minimum atomic E-state index is -0.111. The van der Waals surface area contributed by atoms with Crippen LogP contribution in [0.25, 0.3) is 0 Å². The minimum Gasteiger partial charge on any atom is -0.482 e. The number of nitrogens with zero attached hydrogens (tertiary/aromatic N) is 1. The fourth-order valence-corrected chi connectivity index (χ4v) is 2.96. The van der Waals surface area contributed by atoms with E-state index in [0.29, 0.717) is 0 Å². The molecule has 2 heterocycles. The fraction of sp³-hybridized carbons (Fsp3) is 0.333. The lowest BCUT2D eigenvalue weighted by Crippen LogP contribution is -2.26. The van der Waals surface area contributed by atoms with Crippen molar-refractivity contribution in [3.63, 3.8) is 0 Å². The number of hydrogen-bond donors (Lipinski definition) is 2. The van der Waals surface area contributed by atoms with E-state index < -0.39 is 0 Å². The van der Waals surface area contributed by atoms with Crippen LogP contribution < -0.4 is 15.4 Å². The van der Waals surface area contributed by atoms with E-state index in [4.69, 9.17) is 4.74 Å². The molecule has 1 aliphatic rings. The second-order valence-electron chi connectivity index (χ2n) is 5.06. The number of carbonyl (C=O) groups excluding carboxylic acids is 1. The molecule has 1 aromatic heterocycles. The Morgan fingerprint density at radius 1 is 1.52 bits per heavy atom. The molecule has 0 fully saturated rings. The molecule has 110 valence electrons. The van der Waals surface area contributed by atoms with Crippen LogP contribution in [0.2, 0.25) is 0 Å². The zero-order valence-corrected chi connectivity index (χ0v) is 12.8. The van der Waals surface area contributed by atoms with Crippen molar-refractivity contribution < 1.29 is 9.53 Å². The van der Waals surface area contributed by atoms with Gasteiger partial charge in [0.2, 0.25) is 0 Å². The number of amides is 1. The van der Waals surface area contributed by atoms with Gasteiger partial charge in [-0.3, -0.25) is 4.79 Å². The molecule has 0 radical (unpaired) electrons. The molecule has 6 heteroatoms. The van der Waals surface area contributed by atoms with Gasteiger partial charge in [-0.1, -0.05) is 6.07 Å². The van der Waals surface area contributed by atoms with E-state index in [1.54, 1.807) is 11.3 Å². The summed E-state index contributed by atoms with van der Waals surface area (Å²) >= 11 is 1.66. The van der Waals surface area contributed by atoms with E-state index in [1.165, 1.54) is 4.88 Å². The summed E-state index contributed by atoms with van der Waals surface area (Å²) in [4.78, 5) is 16.9. The highest BCUT2D eigenvalue weighted by Crippen LogP contribution is 2.30. The number of aromatic nitrogens is 1. The van der Waals surface area contributed by atoms with Crippen LogP contribution in [-0.4, -0.2) is 17.5 Å². The molecule has 1 aliphatic heterocycles. The maximum absolute atomic E-state index is 11.4. The number of ether oxygens (including phenoxy) is 1. The smallest absolute Gasteiger partial charge is 0.262 e. The van der Waals surface area contributed by atoms with Crippen LogP contribution in [0.5, 0.6) is 5.75 Å². The van der Waals surface area contributed by atoms with Crippen LogP contribution in [0, 0.1) is 6.92 Å². The van der Waals surface area contributed by atoms with Crippen LogP contribution in [0.15, 0.2) is 23.7 Å². The topological polar surface area (TPSA) is 63.2 Å². The third kappa shape index (κ3) is 3.06. The Hall–Kier alpha value is -1.92. The highest BCUT2D eigenvalue weighted by molar-refractivity contribution is 7.09. The number of nitrogens with one attached hydrogen (secondary N) is 2. The fourth-order valence-electron chi connectivity index (χ4n) is 2.23. The third-order valence-corrected chi connectivity index (χ3v) is 4.49. The van der Waals surface area contributed by atoms with Gasteiger partial charge in [0.05, 0.1) is 16.9 Å². The van der Waals surface area contributed by atoms with Crippen LogP contribution in [0.3, 0.4) is 0 Å². The predicted octanol–water partition coefficient (Wildman–Crippen LogP) is 2.63. The molecule has 5 nitrogen and oxygen atoms in total. The molecule has 21 heavy (non-hydrogen) atoms. The van der Waals surface area contributed by atoms with Crippen LogP contribution >= 0.6 is 11.3 Å². The van der Waals surface area contributed by atoms with Gasteiger partial charge in [-0.25, -0.2) is 4.98 Å². The maximum Gasteiger partial charge on any atom is 0.262 e. The lowest BCUT2D eigenvalue weighted by molar-refractivity contribution is -0.118. The van der Waals surface area contributed by atoms with Gasteiger partial charge < -0.3 is 15.4 Å². The summed E-state index contributed by atoms with van der Waals surface area (Å²) in [5.74, 6) is 0.615. The first-order chi connectivity index (χ1) is 10.1. The molecular formula is C15H17N3O2S. The average Bonchev–Trinajstić information content (AvgIpc) is 2.89. The van der Waals surface area contributed by atoms with E-state index in [9.17, 15) is 4.79 Å². The Labute approximate surface area is 127 Å². The van der Waals surface area contributed by atoms with Gasteiger partial charge in [0.15, 0.2) is 6.61 Å². The zero-order chi connectivity index (χ0) is 14.8. The first-order valence-electron chi connectivity index (χ1n) is 6.82. The standard InChI is InChI=1S/C15H17N3O2S/c1-9(16-6-14-10(2)17-8-21-14)11-3-4-13-12(5-11)18-15(19)7-20-13/h3-5,8-9,16H,6-7H2,1-2H3,(H,18,19)/t9-/m1/s1. The van der Waals surface area contributed by atoms with E-state index in [2.05, 4.69) is 22.5 Å². The van der Waals surface area contributed by atoms with Crippen LogP contribution in [0.1, 0.15) is 29.1 Å². The lowest BCUT2D eigenvalue weighted by atomic mass is 10.1. The molecule has 0 spiro atoms. The van der Waals surface area contributed by atoms with Gasteiger partial charge in [-0.05, 0) is 31.5 Å². The zero-order valence-electron chi connectivity index (χ0n) is 12.0. The predicted molar refractivity (Wildman–Crippen MR) is 82.7 cm³/mol. The number of fused-ring (bicyclic) bond motifs is 1. The number of anilines is 1. The molecule has 3 rings (SSSR count). The number of benzene rings is 1. The molecule has 0 saturated carbocycles. The van der Waals surface area contributed by atoms with Gasteiger partial charge in [-0.2, -0.15) is 0 Å². The van der Waals surface area contributed by atoms with Crippen molar-refractivity contribution in [2.24, 2.45) is 0 Å². The summed E-state index contributed by atoms with van der Waals surface area (Å²) in [7, 11) is 0. The molecular weight excluding hydrogens is 286 g/mol. The molecule has 1 amide bonds. The largest absolute Gasteiger partial charge is 0.482 e. The first kappa shape index (κ1) is 14.0. The summed E-state index contributed by atoms with van der Waals surface area (Å²) in [6.45, 7) is 5.00. The minimum absolute atomic E-state index is 0.0881. The first-order valence-corrected chi connectivity index (χ1v) is 7.70. The SMILES string of the molecule is Cc1ncsc1CN[C@H](C)c1ccc2c(c1)NC(=O)CO2. The Morgan fingerprint density at radius 3 is 3.14 bits per heavy atom. The van der Waals surface area contributed by atoms with Crippen molar-refractivity contribution in [1.82, 2.24) is 10.3 Å². The summed E-state index contributed by atoms with van der Waals surface area (Å²) < 4.78 is 5.37. The highest BCUT2D eigenvalue weighted by Gasteiger charge is 2.17. The van der Waals surface area contributed by atoms with E-state index >= 15 is 0 Å². The molecule has 0 saturated heterocycles. The van der Waals surface area contributed by atoms with Crippen LogP contribution in [0.4, 0.5) is 5.69 Å². The summed E-state index contributed by atoms with van der Waals surface area (Å²) in [6, 6.07) is 6.06. The molecule has 0 bridgehead atoms. The maximum atomic E-state index is 11.4. The summed E-state index contributed by atoms with van der Waals surface area (Å²) in [5, 5.41) is 6.31. The van der Waals surface area contributed by atoms with Gasteiger partial charge in [0, 0.05) is 17.5 Å². The average molecular weight is 303 g/mol. The molecule has 2 aromatic rings. The lowest BCUT2D eigenvalue weighted by Gasteiger charge is -2.21. The Balaban J connectivity index is 1.70. The van der Waals surface area contributed by atoms with Gasteiger partial charge in [0.1, 0.15) is 5.75 Å². The van der Waals surface area contributed by atoms with Crippen molar-refractivity contribution in [3.05, 3.63) is 39.8 Å². The van der Waals surface area contributed by atoms with Crippen molar-refractivity contribution in [1.29, 1.82) is 0 Å². The van der Waals surface area contributed by atoms with Gasteiger partial charge in [-0.15, -0.1) is 11.3 Å². The van der Waals surface area contributed by atoms with Crippen molar-refractivity contribution in [2.45, 2.75) is 26.4 Å². The highest BCUT2D eigenvalue weighted by atomic mass is 32.1. The van der Waals surface area contributed by atoms with E-state index in [-0.39, 0.29) is 18.6 Å². The Morgan fingerprint density at radius 2 is 2.38 bits per heavy atom. The normalized spacial score (nSPS) is 15.0. The third-order valence-electron chi connectivity index (χ3n) is 3.55. The summed E-state index contributed by atoms with van der Waals surface area (Å²) in [6.07, 6.45) is 0. The monoisotopic (exact) mass is 303 g/mol. The molecule has 1 aromatic carbocycles. The van der Waals surface area contributed by atoms with Gasteiger partial charge >= 0.3 is 0 Å². The van der Waals surface area contributed by atoms with E-state index in [0.717, 1.165) is 29.2 Å². The second kappa shape index (κ2) is 5.83. The van der Waals surface area contributed by atoms with Crippen molar-refractivity contribution in [3.8, 4) is 5.75 Å². The molecule has 2 N–H and O–H groups in total. The van der Waals surface area contributed by atoms with Gasteiger partial charge in [0.25, 0.3) is 5.91 Å². The number of rotatable bonds is 4. The molecule has 1 atom stereocenters. The number of thiazole rings is 1. The number of hydrogen-bond acceptors (Lipinski definition) is 5. The quantitative estimate of drug-likeness (QED) is 0.911. The molecule has 0 unspecified atom stereocenters. The number of aryl methyl sites for hydroxylation is 1. The van der Waals surface area contributed by atoms with Crippen molar-refractivity contribution >= 4 is 22.9 Å².